The van der Waals surface area contributed by atoms with Crippen molar-refractivity contribution in [2.24, 2.45) is 0 Å². The number of hydrogen-bond acceptors (Lipinski definition) is 5. The Balaban J connectivity index is 2.46. The van der Waals surface area contributed by atoms with E-state index in [1.165, 1.54) is 0 Å². The fourth-order valence-corrected chi connectivity index (χ4v) is 1.77. The molecule has 1 aromatic heterocycles. The minimum atomic E-state index is -4.66. The topological polar surface area (TPSA) is 70.3 Å². The van der Waals surface area contributed by atoms with Crippen molar-refractivity contribution in [1.29, 1.82) is 0 Å². The van der Waals surface area contributed by atoms with Crippen LogP contribution in [0, 0.1) is 0 Å². The molecule has 1 aromatic rings. The van der Waals surface area contributed by atoms with Gasteiger partial charge in [0.15, 0.2) is 0 Å². The lowest BCUT2D eigenvalue weighted by Gasteiger charge is -2.32. The number of aromatic nitrogens is 2. The third-order valence-corrected chi connectivity index (χ3v) is 3.61. The number of halogens is 3. The van der Waals surface area contributed by atoms with Crippen LogP contribution in [-0.4, -0.2) is 28.3 Å². The summed E-state index contributed by atoms with van der Waals surface area (Å²) in [5.74, 6) is -0.447. The van der Waals surface area contributed by atoms with Crippen molar-refractivity contribution >= 4 is 18.5 Å². The number of alkyl halides is 3. The molecule has 1 saturated heterocycles. The lowest BCUT2D eigenvalue weighted by atomic mass is 9.78. The van der Waals surface area contributed by atoms with Crippen LogP contribution in [0.25, 0.3) is 0 Å². The van der Waals surface area contributed by atoms with Crippen LogP contribution in [0.1, 0.15) is 33.4 Å². The first-order chi connectivity index (χ1) is 8.94. The fraction of sp³-hybridized carbons (Fsp3) is 0.636. The summed E-state index contributed by atoms with van der Waals surface area (Å²) in [6.07, 6.45) is -3.66. The van der Waals surface area contributed by atoms with E-state index in [-0.39, 0.29) is 5.46 Å². The summed E-state index contributed by atoms with van der Waals surface area (Å²) >= 11 is 0. The molecule has 5 nitrogen and oxygen atoms in total. The quantitative estimate of drug-likeness (QED) is 0.791. The maximum atomic E-state index is 13.0. The van der Waals surface area contributed by atoms with E-state index < -0.39 is 36.1 Å². The highest BCUT2D eigenvalue weighted by Crippen LogP contribution is 2.37. The smallest absolute Gasteiger partial charge is 0.399 e. The Labute approximate surface area is 114 Å². The first-order valence-electron chi connectivity index (χ1n) is 5.99. The number of nitrogens with zero attached hydrogens (tertiary/aromatic N) is 2. The molecule has 1 aliphatic heterocycles. The molecule has 9 heteroatoms. The van der Waals surface area contributed by atoms with Gasteiger partial charge in [-0.05, 0) is 27.7 Å². The predicted octanol–water partition coefficient (Wildman–Crippen LogP) is 1.38. The molecule has 0 aromatic carbocycles. The normalized spacial score (nSPS) is 21.2. The Kier molecular flexibility index (Phi) is 3.25. The number of hydrogen-bond donors (Lipinski definition) is 1. The van der Waals surface area contributed by atoms with E-state index in [0.717, 1.165) is 6.20 Å². The summed E-state index contributed by atoms with van der Waals surface area (Å²) in [6.45, 7) is 6.99. The molecule has 0 radical (unpaired) electrons. The van der Waals surface area contributed by atoms with E-state index in [0.29, 0.717) is 0 Å². The number of rotatable bonds is 1. The Bertz CT molecular complexity index is 518. The third kappa shape index (κ3) is 2.47. The molecule has 0 spiro atoms. The number of nitrogens with two attached hydrogens (primary N) is 1. The predicted molar refractivity (Wildman–Crippen MR) is 67.2 cm³/mol. The molecule has 2 N–H and O–H groups in total. The summed E-state index contributed by atoms with van der Waals surface area (Å²) < 4.78 is 50.2. The van der Waals surface area contributed by atoms with Crippen molar-refractivity contribution < 1.29 is 22.5 Å². The summed E-state index contributed by atoms with van der Waals surface area (Å²) in [5, 5.41) is 0. The molecule has 0 unspecified atom stereocenters. The van der Waals surface area contributed by atoms with Crippen LogP contribution in [0.3, 0.4) is 0 Å². The van der Waals surface area contributed by atoms with E-state index in [1.807, 2.05) is 0 Å². The van der Waals surface area contributed by atoms with Gasteiger partial charge in [-0.1, -0.05) is 0 Å². The molecule has 0 aliphatic carbocycles. The molecular formula is C11H15BF3N3O2. The highest BCUT2D eigenvalue weighted by atomic mass is 19.4. The molecule has 2 heterocycles. The SMILES string of the molecule is CC1(C)OB(c2cnc(N)nc2C(F)(F)F)OC1(C)C. The van der Waals surface area contributed by atoms with Crippen LogP contribution in [0.15, 0.2) is 6.20 Å². The van der Waals surface area contributed by atoms with Gasteiger partial charge in [-0.15, -0.1) is 0 Å². The van der Waals surface area contributed by atoms with Crippen molar-refractivity contribution in [2.45, 2.75) is 45.1 Å². The Hall–Kier alpha value is -1.35. The second-order valence-electron chi connectivity index (χ2n) is 5.62. The van der Waals surface area contributed by atoms with Gasteiger partial charge in [-0.25, -0.2) is 9.97 Å². The molecule has 0 bridgehead atoms. The minimum absolute atomic E-state index is 0.273. The molecule has 1 aliphatic rings. The number of nitrogen functional groups attached to an aromatic ring is 1. The van der Waals surface area contributed by atoms with E-state index in [1.54, 1.807) is 27.7 Å². The standard InChI is InChI=1S/C11H15BF3N3O2/c1-9(2)10(3,4)20-12(19-9)6-5-17-8(16)18-7(6)11(13,14)15/h5H,1-4H3,(H2,16,17,18). The van der Waals surface area contributed by atoms with Crippen LogP contribution < -0.4 is 11.2 Å². The van der Waals surface area contributed by atoms with Crippen molar-refractivity contribution in [3.8, 4) is 0 Å². The molecule has 110 valence electrons. The molecular weight excluding hydrogens is 274 g/mol. The summed E-state index contributed by atoms with van der Waals surface area (Å²) in [7, 11) is -1.18. The Morgan fingerprint density at radius 2 is 1.65 bits per heavy atom. The van der Waals surface area contributed by atoms with Gasteiger partial charge in [0.05, 0.1) is 11.2 Å². The highest BCUT2D eigenvalue weighted by molar-refractivity contribution is 6.62. The van der Waals surface area contributed by atoms with Gasteiger partial charge in [-0.3, -0.25) is 0 Å². The van der Waals surface area contributed by atoms with Crippen molar-refractivity contribution in [3.63, 3.8) is 0 Å². The van der Waals surface area contributed by atoms with Gasteiger partial charge >= 0.3 is 13.3 Å². The first kappa shape index (κ1) is 15.1. The summed E-state index contributed by atoms with van der Waals surface area (Å²) in [5.41, 5.74) is 2.32. The van der Waals surface area contributed by atoms with Gasteiger partial charge in [0.1, 0.15) is 5.69 Å². The average Bonchev–Trinajstić information content (AvgIpc) is 2.46. The first-order valence-corrected chi connectivity index (χ1v) is 5.99. The Morgan fingerprint density at radius 1 is 1.15 bits per heavy atom. The van der Waals surface area contributed by atoms with Crippen LogP contribution in [0.5, 0.6) is 0 Å². The van der Waals surface area contributed by atoms with Crippen molar-refractivity contribution in [1.82, 2.24) is 9.97 Å². The minimum Gasteiger partial charge on any atom is -0.399 e. The summed E-state index contributed by atoms with van der Waals surface area (Å²) in [6, 6.07) is 0. The zero-order valence-electron chi connectivity index (χ0n) is 11.6. The van der Waals surface area contributed by atoms with E-state index in [4.69, 9.17) is 15.0 Å². The molecule has 0 amide bonds. The van der Waals surface area contributed by atoms with Crippen molar-refractivity contribution in [2.75, 3.05) is 5.73 Å². The van der Waals surface area contributed by atoms with Gasteiger partial charge in [0, 0.05) is 11.7 Å². The number of anilines is 1. The van der Waals surface area contributed by atoms with Crippen LogP contribution in [0.4, 0.5) is 19.1 Å². The monoisotopic (exact) mass is 289 g/mol. The maximum absolute atomic E-state index is 13.0. The second kappa shape index (κ2) is 4.32. The Morgan fingerprint density at radius 3 is 2.10 bits per heavy atom. The fourth-order valence-electron chi connectivity index (χ4n) is 1.77. The molecule has 0 atom stereocenters. The van der Waals surface area contributed by atoms with Crippen molar-refractivity contribution in [3.05, 3.63) is 11.9 Å². The lowest BCUT2D eigenvalue weighted by Crippen LogP contribution is -2.41. The zero-order valence-corrected chi connectivity index (χ0v) is 11.6. The summed E-state index contributed by atoms with van der Waals surface area (Å²) in [4.78, 5) is 6.87. The van der Waals surface area contributed by atoms with Crippen LogP contribution in [-0.2, 0) is 15.5 Å². The molecule has 1 fully saturated rings. The molecule has 2 rings (SSSR count). The largest absolute Gasteiger partial charge is 0.498 e. The van der Waals surface area contributed by atoms with E-state index in [9.17, 15) is 13.2 Å². The molecule has 20 heavy (non-hydrogen) atoms. The zero-order chi connectivity index (χ0) is 15.3. The average molecular weight is 289 g/mol. The van der Waals surface area contributed by atoms with Crippen LogP contribution >= 0.6 is 0 Å². The van der Waals surface area contributed by atoms with E-state index in [2.05, 4.69) is 9.97 Å². The maximum Gasteiger partial charge on any atom is 0.498 e. The highest BCUT2D eigenvalue weighted by Gasteiger charge is 2.54. The van der Waals surface area contributed by atoms with Gasteiger partial charge < -0.3 is 15.0 Å². The lowest BCUT2D eigenvalue weighted by molar-refractivity contribution is -0.140. The third-order valence-electron chi connectivity index (χ3n) is 3.61. The van der Waals surface area contributed by atoms with Gasteiger partial charge in [0.2, 0.25) is 5.95 Å². The second-order valence-corrected chi connectivity index (χ2v) is 5.62. The van der Waals surface area contributed by atoms with E-state index >= 15 is 0 Å². The van der Waals surface area contributed by atoms with Crippen LogP contribution in [0.2, 0.25) is 0 Å². The van der Waals surface area contributed by atoms with Gasteiger partial charge in [-0.2, -0.15) is 13.2 Å². The van der Waals surface area contributed by atoms with Gasteiger partial charge in [0.25, 0.3) is 0 Å². The molecule has 0 saturated carbocycles.